The van der Waals surface area contributed by atoms with Gasteiger partial charge in [0.25, 0.3) is 0 Å². The molecule has 1 aromatic rings. The standard InChI is InChI=1S/C15H21NO4S/c1-11-5-6-13(21-11)3-2-4-14(17)16-7-8-20-12(10-16)9-15(18)19/h5-6,12H,2-4,7-10H2,1H3,(H,18,19). The first-order chi connectivity index (χ1) is 10.0. The van der Waals surface area contributed by atoms with Gasteiger partial charge in [0.05, 0.1) is 19.1 Å². The SMILES string of the molecule is Cc1ccc(CCCC(=O)N2CCOC(CC(=O)O)C2)s1. The molecule has 1 aromatic heterocycles. The molecule has 0 saturated carbocycles. The summed E-state index contributed by atoms with van der Waals surface area (Å²) in [5.74, 6) is -0.788. The fourth-order valence-corrected chi connectivity index (χ4v) is 3.39. The van der Waals surface area contributed by atoms with Gasteiger partial charge in [-0.1, -0.05) is 0 Å². The predicted molar refractivity (Wildman–Crippen MR) is 80.6 cm³/mol. The Labute approximate surface area is 128 Å². The molecular formula is C15H21NO4S. The number of aryl methyl sites for hydroxylation is 2. The Kier molecular flexibility index (Phi) is 5.76. The van der Waals surface area contributed by atoms with Crippen molar-refractivity contribution in [3.63, 3.8) is 0 Å². The van der Waals surface area contributed by atoms with Crippen molar-refractivity contribution in [2.24, 2.45) is 0 Å². The lowest BCUT2D eigenvalue weighted by molar-refractivity contribution is -0.147. The summed E-state index contributed by atoms with van der Waals surface area (Å²) in [5.41, 5.74) is 0. The first kappa shape index (κ1) is 16.0. The van der Waals surface area contributed by atoms with E-state index in [-0.39, 0.29) is 18.4 Å². The number of aliphatic carboxylic acids is 1. The van der Waals surface area contributed by atoms with Crippen LogP contribution in [0.2, 0.25) is 0 Å². The van der Waals surface area contributed by atoms with E-state index in [4.69, 9.17) is 9.84 Å². The molecule has 1 aliphatic rings. The topological polar surface area (TPSA) is 66.8 Å². The maximum Gasteiger partial charge on any atom is 0.306 e. The van der Waals surface area contributed by atoms with E-state index >= 15 is 0 Å². The third-order valence-corrected chi connectivity index (χ3v) is 4.56. The van der Waals surface area contributed by atoms with Gasteiger partial charge < -0.3 is 14.7 Å². The van der Waals surface area contributed by atoms with Gasteiger partial charge in [-0.15, -0.1) is 11.3 Å². The van der Waals surface area contributed by atoms with Gasteiger partial charge in [-0.05, 0) is 31.9 Å². The number of rotatable bonds is 6. The number of morpholine rings is 1. The largest absolute Gasteiger partial charge is 0.481 e. The average molecular weight is 311 g/mol. The number of ether oxygens (including phenoxy) is 1. The summed E-state index contributed by atoms with van der Waals surface area (Å²) in [6.45, 7) is 3.46. The van der Waals surface area contributed by atoms with Crippen molar-refractivity contribution in [2.45, 2.75) is 38.7 Å². The van der Waals surface area contributed by atoms with Crippen LogP contribution in [-0.2, 0) is 20.7 Å². The van der Waals surface area contributed by atoms with Gasteiger partial charge in [0.1, 0.15) is 0 Å². The summed E-state index contributed by atoms with van der Waals surface area (Å²) in [5, 5.41) is 8.78. The van der Waals surface area contributed by atoms with E-state index in [2.05, 4.69) is 19.1 Å². The van der Waals surface area contributed by atoms with Crippen LogP contribution in [0.15, 0.2) is 12.1 Å². The van der Waals surface area contributed by atoms with E-state index in [0.29, 0.717) is 26.1 Å². The van der Waals surface area contributed by atoms with Crippen molar-refractivity contribution in [1.29, 1.82) is 0 Å². The normalized spacial score (nSPS) is 18.7. The Balaban J connectivity index is 1.73. The Morgan fingerprint density at radius 2 is 2.29 bits per heavy atom. The Hall–Kier alpha value is -1.40. The second-order valence-corrected chi connectivity index (χ2v) is 6.67. The monoisotopic (exact) mass is 311 g/mol. The van der Waals surface area contributed by atoms with E-state index in [0.717, 1.165) is 12.8 Å². The fourth-order valence-electron chi connectivity index (χ4n) is 2.46. The summed E-state index contributed by atoms with van der Waals surface area (Å²) >= 11 is 1.77. The highest BCUT2D eigenvalue weighted by atomic mass is 32.1. The Morgan fingerprint density at radius 1 is 1.48 bits per heavy atom. The summed E-state index contributed by atoms with van der Waals surface area (Å²) in [4.78, 5) is 27.2. The molecule has 1 amide bonds. The van der Waals surface area contributed by atoms with E-state index in [1.54, 1.807) is 16.2 Å². The molecule has 0 aliphatic carbocycles. The molecule has 1 atom stereocenters. The van der Waals surface area contributed by atoms with Gasteiger partial charge in [-0.25, -0.2) is 0 Å². The second kappa shape index (κ2) is 7.56. The summed E-state index contributed by atoms with van der Waals surface area (Å²) in [6.07, 6.45) is 1.85. The maximum atomic E-state index is 12.2. The lowest BCUT2D eigenvalue weighted by Gasteiger charge is -2.32. The number of carbonyl (C=O) groups is 2. The van der Waals surface area contributed by atoms with Crippen LogP contribution in [0.4, 0.5) is 0 Å². The molecular weight excluding hydrogens is 290 g/mol. The zero-order valence-electron chi connectivity index (χ0n) is 12.2. The first-order valence-corrected chi connectivity index (χ1v) is 8.02. The maximum absolute atomic E-state index is 12.2. The van der Waals surface area contributed by atoms with Crippen LogP contribution >= 0.6 is 11.3 Å². The van der Waals surface area contributed by atoms with Crippen molar-refractivity contribution >= 4 is 23.2 Å². The molecule has 0 spiro atoms. The van der Waals surface area contributed by atoms with E-state index < -0.39 is 5.97 Å². The van der Waals surface area contributed by atoms with Gasteiger partial charge in [0.15, 0.2) is 0 Å². The van der Waals surface area contributed by atoms with Gasteiger partial charge in [0, 0.05) is 29.3 Å². The van der Waals surface area contributed by atoms with Crippen LogP contribution in [0.1, 0.15) is 29.0 Å². The van der Waals surface area contributed by atoms with Gasteiger partial charge in [-0.2, -0.15) is 0 Å². The smallest absolute Gasteiger partial charge is 0.306 e. The number of hydrogen-bond donors (Lipinski definition) is 1. The minimum absolute atomic E-state index is 0.0434. The summed E-state index contributed by atoms with van der Waals surface area (Å²) in [6, 6.07) is 4.21. The molecule has 0 aromatic carbocycles. The van der Waals surface area contributed by atoms with E-state index in [1.165, 1.54) is 9.75 Å². The minimum Gasteiger partial charge on any atom is -0.481 e. The molecule has 2 heterocycles. The number of nitrogens with zero attached hydrogens (tertiary/aromatic N) is 1. The molecule has 21 heavy (non-hydrogen) atoms. The molecule has 1 N–H and O–H groups in total. The zero-order chi connectivity index (χ0) is 15.2. The van der Waals surface area contributed by atoms with Gasteiger partial charge in [-0.3, -0.25) is 9.59 Å². The first-order valence-electron chi connectivity index (χ1n) is 7.21. The quantitative estimate of drug-likeness (QED) is 0.873. The third-order valence-electron chi connectivity index (χ3n) is 3.50. The zero-order valence-corrected chi connectivity index (χ0v) is 13.0. The third kappa shape index (κ3) is 5.13. The predicted octanol–water partition coefficient (Wildman–Crippen LogP) is 2.08. The lowest BCUT2D eigenvalue weighted by atomic mass is 10.1. The van der Waals surface area contributed by atoms with Gasteiger partial charge in [0.2, 0.25) is 5.91 Å². The molecule has 1 unspecified atom stereocenters. The Bertz CT molecular complexity index is 500. The van der Waals surface area contributed by atoms with Crippen LogP contribution in [0.5, 0.6) is 0 Å². The molecule has 1 saturated heterocycles. The molecule has 5 nitrogen and oxygen atoms in total. The number of hydrogen-bond acceptors (Lipinski definition) is 4. The van der Waals surface area contributed by atoms with Crippen molar-refractivity contribution < 1.29 is 19.4 Å². The Morgan fingerprint density at radius 3 is 2.95 bits per heavy atom. The highest BCUT2D eigenvalue weighted by molar-refractivity contribution is 7.11. The number of carboxylic acids is 1. The van der Waals surface area contributed by atoms with E-state index in [1.807, 2.05) is 0 Å². The molecule has 1 aliphatic heterocycles. The molecule has 6 heteroatoms. The molecule has 2 rings (SSSR count). The lowest BCUT2D eigenvalue weighted by Crippen LogP contribution is -2.46. The molecule has 116 valence electrons. The van der Waals surface area contributed by atoms with Crippen LogP contribution in [0, 0.1) is 6.92 Å². The summed E-state index contributed by atoms with van der Waals surface area (Å²) < 4.78 is 5.37. The number of carboxylic acid groups (broad SMARTS) is 1. The molecule has 0 radical (unpaired) electrons. The number of thiophene rings is 1. The fraction of sp³-hybridized carbons (Fsp3) is 0.600. The highest BCUT2D eigenvalue weighted by Crippen LogP contribution is 2.18. The second-order valence-electron chi connectivity index (χ2n) is 5.30. The van der Waals surface area contributed by atoms with Crippen LogP contribution in [0.25, 0.3) is 0 Å². The number of carbonyl (C=O) groups excluding carboxylic acids is 1. The highest BCUT2D eigenvalue weighted by Gasteiger charge is 2.25. The van der Waals surface area contributed by atoms with Crippen LogP contribution < -0.4 is 0 Å². The van der Waals surface area contributed by atoms with Crippen molar-refractivity contribution in [2.75, 3.05) is 19.7 Å². The van der Waals surface area contributed by atoms with E-state index in [9.17, 15) is 9.59 Å². The van der Waals surface area contributed by atoms with Crippen molar-refractivity contribution in [3.8, 4) is 0 Å². The van der Waals surface area contributed by atoms with Crippen molar-refractivity contribution in [3.05, 3.63) is 21.9 Å². The van der Waals surface area contributed by atoms with Crippen LogP contribution in [-0.4, -0.2) is 47.7 Å². The number of amides is 1. The van der Waals surface area contributed by atoms with Crippen molar-refractivity contribution in [1.82, 2.24) is 4.90 Å². The van der Waals surface area contributed by atoms with Crippen LogP contribution in [0.3, 0.4) is 0 Å². The van der Waals surface area contributed by atoms with Gasteiger partial charge >= 0.3 is 5.97 Å². The average Bonchev–Trinajstić information content (AvgIpc) is 2.84. The minimum atomic E-state index is -0.887. The molecule has 1 fully saturated rings. The molecule has 0 bridgehead atoms. The summed E-state index contributed by atoms with van der Waals surface area (Å²) in [7, 11) is 0.